The highest BCUT2D eigenvalue weighted by Crippen LogP contribution is 2.15. The number of aromatic nitrogens is 2. The van der Waals surface area contributed by atoms with E-state index in [0.717, 1.165) is 24.7 Å². The SMILES string of the molecule is CCn1cc(C)nc1NCc1ccc(C(C)C)cc1. The van der Waals surface area contributed by atoms with E-state index < -0.39 is 0 Å². The van der Waals surface area contributed by atoms with Crippen LogP contribution in [0.25, 0.3) is 0 Å². The lowest BCUT2D eigenvalue weighted by Crippen LogP contribution is -2.06. The van der Waals surface area contributed by atoms with Gasteiger partial charge in [0, 0.05) is 19.3 Å². The first-order valence-corrected chi connectivity index (χ1v) is 6.96. The van der Waals surface area contributed by atoms with E-state index in [1.807, 2.05) is 6.92 Å². The molecule has 0 radical (unpaired) electrons. The number of aryl methyl sites for hydroxylation is 2. The number of nitrogens with one attached hydrogen (secondary N) is 1. The molecule has 3 nitrogen and oxygen atoms in total. The van der Waals surface area contributed by atoms with Crippen molar-refractivity contribution in [1.29, 1.82) is 0 Å². The molecule has 0 atom stereocenters. The molecule has 0 saturated heterocycles. The quantitative estimate of drug-likeness (QED) is 0.879. The fourth-order valence-corrected chi connectivity index (χ4v) is 2.13. The van der Waals surface area contributed by atoms with Crippen LogP contribution in [-0.2, 0) is 13.1 Å². The molecule has 2 rings (SSSR count). The van der Waals surface area contributed by atoms with Crippen LogP contribution < -0.4 is 5.32 Å². The third kappa shape index (κ3) is 3.37. The average molecular weight is 257 g/mol. The van der Waals surface area contributed by atoms with Crippen molar-refractivity contribution < 1.29 is 0 Å². The second-order valence-electron chi connectivity index (χ2n) is 5.24. The van der Waals surface area contributed by atoms with Crippen molar-refractivity contribution in [1.82, 2.24) is 9.55 Å². The summed E-state index contributed by atoms with van der Waals surface area (Å²) in [6, 6.07) is 8.79. The Morgan fingerprint density at radius 1 is 1.21 bits per heavy atom. The monoisotopic (exact) mass is 257 g/mol. The Kier molecular flexibility index (Phi) is 4.25. The Labute approximate surface area is 115 Å². The maximum Gasteiger partial charge on any atom is 0.203 e. The lowest BCUT2D eigenvalue weighted by atomic mass is 10.0. The van der Waals surface area contributed by atoms with Crippen LogP contribution in [0.2, 0.25) is 0 Å². The summed E-state index contributed by atoms with van der Waals surface area (Å²) in [5.41, 5.74) is 3.72. The van der Waals surface area contributed by atoms with E-state index in [1.165, 1.54) is 11.1 Å². The zero-order valence-electron chi connectivity index (χ0n) is 12.3. The van der Waals surface area contributed by atoms with Gasteiger partial charge in [0.25, 0.3) is 0 Å². The molecule has 0 fully saturated rings. The maximum absolute atomic E-state index is 4.49. The molecule has 0 aliphatic carbocycles. The molecule has 0 aliphatic heterocycles. The van der Waals surface area contributed by atoms with Crippen molar-refractivity contribution in [2.24, 2.45) is 0 Å². The molecular weight excluding hydrogens is 234 g/mol. The largest absolute Gasteiger partial charge is 0.352 e. The van der Waals surface area contributed by atoms with Gasteiger partial charge in [-0.2, -0.15) is 0 Å². The van der Waals surface area contributed by atoms with Crippen molar-refractivity contribution in [2.75, 3.05) is 5.32 Å². The first-order chi connectivity index (χ1) is 9.10. The average Bonchev–Trinajstić information content (AvgIpc) is 2.77. The van der Waals surface area contributed by atoms with Crippen molar-refractivity contribution >= 4 is 5.95 Å². The molecule has 0 unspecified atom stereocenters. The van der Waals surface area contributed by atoms with Gasteiger partial charge in [0.15, 0.2) is 0 Å². The third-order valence-corrected chi connectivity index (χ3v) is 3.33. The second-order valence-corrected chi connectivity index (χ2v) is 5.24. The highest BCUT2D eigenvalue weighted by Gasteiger charge is 2.04. The summed E-state index contributed by atoms with van der Waals surface area (Å²) >= 11 is 0. The number of rotatable bonds is 5. The minimum atomic E-state index is 0.587. The van der Waals surface area contributed by atoms with E-state index in [1.54, 1.807) is 0 Å². The highest BCUT2D eigenvalue weighted by atomic mass is 15.2. The third-order valence-electron chi connectivity index (χ3n) is 3.33. The van der Waals surface area contributed by atoms with Gasteiger partial charge >= 0.3 is 0 Å². The molecule has 0 spiro atoms. The number of hydrogen-bond donors (Lipinski definition) is 1. The van der Waals surface area contributed by atoms with E-state index >= 15 is 0 Å². The number of anilines is 1. The molecule has 2 aromatic rings. The van der Waals surface area contributed by atoms with Gasteiger partial charge in [0.2, 0.25) is 5.95 Å². The number of benzene rings is 1. The fraction of sp³-hybridized carbons (Fsp3) is 0.438. The zero-order valence-corrected chi connectivity index (χ0v) is 12.3. The Bertz CT molecular complexity index is 523. The lowest BCUT2D eigenvalue weighted by Gasteiger charge is -2.09. The molecule has 3 heteroatoms. The predicted molar refractivity (Wildman–Crippen MR) is 80.5 cm³/mol. The van der Waals surface area contributed by atoms with Crippen LogP contribution in [0.3, 0.4) is 0 Å². The van der Waals surface area contributed by atoms with Gasteiger partial charge in [-0.25, -0.2) is 4.98 Å². The molecule has 19 heavy (non-hydrogen) atoms. The van der Waals surface area contributed by atoms with Crippen LogP contribution in [0, 0.1) is 6.92 Å². The normalized spacial score (nSPS) is 11.0. The van der Waals surface area contributed by atoms with E-state index in [2.05, 4.69) is 66.1 Å². The maximum atomic E-state index is 4.49. The number of nitrogens with zero attached hydrogens (tertiary/aromatic N) is 2. The summed E-state index contributed by atoms with van der Waals surface area (Å²) in [7, 11) is 0. The zero-order chi connectivity index (χ0) is 13.8. The molecule has 0 amide bonds. The van der Waals surface area contributed by atoms with E-state index in [-0.39, 0.29) is 0 Å². The van der Waals surface area contributed by atoms with Crippen LogP contribution in [0.15, 0.2) is 30.5 Å². The second kappa shape index (κ2) is 5.91. The summed E-state index contributed by atoms with van der Waals surface area (Å²) in [5, 5.41) is 3.40. The van der Waals surface area contributed by atoms with E-state index in [4.69, 9.17) is 0 Å². The number of imidazole rings is 1. The van der Waals surface area contributed by atoms with Crippen molar-refractivity contribution in [3.8, 4) is 0 Å². The van der Waals surface area contributed by atoms with E-state index in [0.29, 0.717) is 5.92 Å². The van der Waals surface area contributed by atoms with Crippen LogP contribution in [0.1, 0.15) is 43.5 Å². The van der Waals surface area contributed by atoms with Crippen molar-refractivity contribution in [2.45, 2.75) is 46.7 Å². The molecular formula is C16H23N3. The fourth-order valence-electron chi connectivity index (χ4n) is 2.13. The molecule has 102 valence electrons. The smallest absolute Gasteiger partial charge is 0.203 e. The van der Waals surface area contributed by atoms with Gasteiger partial charge in [0.05, 0.1) is 5.69 Å². The Balaban J connectivity index is 2.01. The van der Waals surface area contributed by atoms with E-state index in [9.17, 15) is 0 Å². The van der Waals surface area contributed by atoms with Gasteiger partial charge in [-0.3, -0.25) is 0 Å². The van der Waals surface area contributed by atoms with Crippen molar-refractivity contribution in [3.63, 3.8) is 0 Å². The van der Waals surface area contributed by atoms with Gasteiger partial charge in [-0.05, 0) is 30.9 Å². The first kappa shape index (κ1) is 13.7. The molecule has 1 aromatic carbocycles. The predicted octanol–water partition coefficient (Wildman–Crippen LogP) is 3.95. The summed E-state index contributed by atoms with van der Waals surface area (Å²) in [6.07, 6.45) is 2.07. The Hall–Kier alpha value is -1.77. The Morgan fingerprint density at radius 2 is 1.89 bits per heavy atom. The molecule has 0 aliphatic rings. The highest BCUT2D eigenvalue weighted by molar-refractivity contribution is 5.32. The standard InChI is InChI=1S/C16H23N3/c1-5-19-11-13(4)18-16(19)17-10-14-6-8-15(9-7-14)12(2)3/h6-9,11-12H,5,10H2,1-4H3,(H,17,18). The molecule has 0 bridgehead atoms. The van der Waals surface area contributed by atoms with Crippen LogP contribution >= 0.6 is 0 Å². The molecule has 1 heterocycles. The molecule has 1 N–H and O–H groups in total. The van der Waals surface area contributed by atoms with Gasteiger partial charge < -0.3 is 9.88 Å². The summed E-state index contributed by atoms with van der Waals surface area (Å²) < 4.78 is 2.14. The van der Waals surface area contributed by atoms with Crippen LogP contribution in [-0.4, -0.2) is 9.55 Å². The minimum absolute atomic E-state index is 0.587. The first-order valence-electron chi connectivity index (χ1n) is 6.96. The van der Waals surface area contributed by atoms with Crippen LogP contribution in [0.5, 0.6) is 0 Å². The van der Waals surface area contributed by atoms with Crippen LogP contribution in [0.4, 0.5) is 5.95 Å². The summed E-state index contributed by atoms with van der Waals surface area (Å²) in [4.78, 5) is 4.49. The summed E-state index contributed by atoms with van der Waals surface area (Å²) in [5.74, 6) is 1.54. The van der Waals surface area contributed by atoms with Gasteiger partial charge in [0.1, 0.15) is 0 Å². The van der Waals surface area contributed by atoms with Gasteiger partial charge in [-0.1, -0.05) is 38.1 Å². The van der Waals surface area contributed by atoms with Gasteiger partial charge in [-0.15, -0.1) is 0 Å². The molecule has 0 saturated carbocycles. The lowest BCUT2D eigenvalue weighted by molar-refractivity contribution is 0.762. The minimum Gasteiger partial charge on any atom is -0.352 e. The van der Waals surface area contributed by atoms with Crippen molar-refractivity contribution in [3.05, 3.63) is 47.3 Å². The molecule has 1 aromatic heterocycles. The topological polar surface area (TPSA) is 29.9 Å². The summed E-state index contributed by atoms with van der Waals surface area (Å²) in [6.45, 7) is 10.3. The number of hydrogen-bond acceptors (Lipinski definition) is 2. The Morgan fingerprint density at radius 3 is 2.47 bits per heavy atom.